The van der Waals surface area contributed by atoms with Gasteiger partial charge >= 0.3 is 0 Å². The number of Topliss-reactive ketones (excluding diaryl/α,β-unsaturated/α-hetero) is 1. The molecule has 0 saturated heterocycles. The van der Waals surface area contributed by atoms with E-state index >= 15 is 0 Å². The number of ketones is 1. The Balaban J connectivity index is 1.96. The molecule has 1 aliphatic heterocycles. The molecule has 1 fully saturated rings. The molecule has 2 unspecified atom stereocenters. The normalized spacial score (nSPS) is 28.4. The fourth-order valence-electron chi connectivity index (χ4n) is 2.58. The van der Waals surface area contributed by atoms with Crippen molar-refractivity contribution in [3.8, 4) is 5.75 Å². The van der Waals surface area contributed by atoms with Crippen LogP contribution in [0.1, 0.15) is 43.1 Å². The summed E-state index contributed by atoms with van der Waals surface area (Å²) >= 11 is 0. The Morgan fingerprint density at radius 3 is 2.76 bits per heavy atom. The Morgan fingerprint density at radius 2 is 2.12 bits per heavy atom. The van der Waals surface area contributed by atoms with Crippen molar-refractivity contribution < 1.29 is 9.53 Å². The highest BCUT2D eigenvalue weighted by molar-refractivity contribution is 6.00. The van der Waals surface area contributed by atoms with Crippen LogP contribution in [0.25, 0.3) is 0 Å². The second-order valence-corrected chi connectivity index (χ2v) is 6.07. The molecular formula is C15H18O2. The van der Waals surface area contributed by atoms with E-state index in [1.807, 2.05) is 18.2 Å². The van der Waals surface area contributed by atoms with Crippen molar-refractivity contribution in [1.82, 2.24) is 0 Å². The second kappa shape index (κ2) is 3.34. The highest BCUT2D eigenvalue weighted by Gasteiger charge is 2.40. The maximum absolute atomic E-state index is 12.2. The number of fused-ring (bicyclic) bond motifs is 1. The van der Waals surface area contributed by atoms with Crippen LogP contribution in [0.5, 0.6) is 5.75 Å². The van der Waals surface area contributed by atoms with Gasteiger partial charge in [-0.3, -0.25) is 4.79 Å². The molecular weight excluding hydrogens is 212 g/mol. The summed E-state index contributed by atoms with van der Waals surface area (Å²) in [6.45, 7) is 7.17. The molecule has 1 aliphatic carbocycles. The quantitative estimate of drug-likeness (QED) is 0.729. The van der Waals surface area contributed by atoms with Crippen LogP contribution in [0.2, 0.25) is 0 Å². The first-order chi connectivity index (χ1) is 7.99. The van der Waals surface area contributed by atoms with Crippen LogP contribution in [-0.2, 0) is 5.41 Å². The van der Waals surface area contributed by atoms with E-state index in [2.05, 4.69) is 20.8 Å². The number of hydrogen-bond acceptors (Lipinski definition) is 2. The number of hydrogen-bond donors (Lipinski definition) is 0. The lowest BCUT2D eigenvalue weighted by atomic mass is 9.85. The SMILES string of the molecule is CC1CC1C(=O)c1ccc2c(c1)C(C)(C)CO2. The van der Waals surface area contributed by atoms with Gasteiger partial charge < -0.3 is 4.74 Å². The van der Waals surface area contributed by atoms with Gasteiger partial charge in [0.1, 0.15) is 5.75 Å². The van der Waals surface area contributed by atoms with Gasteiger partial charge in [-0.1, -0.05) is 20.8 Å². The van der Waals surface area contributed by atoms with E-state index < -0.39 is 0 Å². The molecule has 1 aromatic carbocycles. The minimum absolute atomic E-state index is 0.0286. The van der Waals surface area contributed by atoms with Crippen LogP contribution < -0.4 is 4.74 Å². The first-order valence-electron chi connectivity index (χ1n) is 6.30. The largest absolute Gasteiger partial charge is 0.492 e. The minimum Gasteiger partial charge on any atom is -0.492 e. The smallest absolute Gasteiger partial charge is 0.166 e. The fraction of sp³-hybridized carbons (Fsp3) is 0.533. The monoisotopic (exact) mass is 230 g/mol. The third-order valence-electron chi connectivity index (χ3n) is 4.03. The standard InChI is InChI=1S/C15H18O2/c1-9-6-11(9)14(16)10-4-5-13-12(7-10)15(2,3)8-17-13/h4-5,7,9,11H,6,8H2,1-3H3. The van der Waals surface area contributed by atoms with E-state index in [0.717, 1.165) is 17.7 Å². The highest BCUT2D eigenvalue weighted by atomic mass is 16.5. The van der Waals surface area contributed by atoms with Crippen molar-refractivity contribution in [3.63, 3.8) is 0 Å². The summed E-state index contributed by atoms with van der Waals surface area (Å²) in [6, 6.07) is 5.90. The first-order valence-corrected chi connectivity index (χ1v) is 6.30. The fourth-order valence-corrected chi connectivity index (χ4v) is 2.58. The van der Waals surface area contributed by atoms with Crippen molar-refractivity contribution in [3.05, 3.63) is 29.3 Å². The summed E-state index contributed by atoms with van der Waals surface area (Å²) < 4.78 is 5.63. The van der Waals surface area contributed by atoms with Gasteiger partial charge in [-0.25, -0.2) is 0 Å². The van der Waals surface area contributed by atoms with E-state index in [1.54, 1.807) is 0 Å². The predicted molar refractivity (Wildman–Crippen MR) is 66.6 cm³/mol. The molecule has 3 rings (SSSR count). The molecule has 1 heterocycles. The van der Waals surface area contributed by atoms with E-state index in [0.29, 0.717) is 18.3 Å². The Bertz CT molecular complexity index is 488. The summed E-state index contributed by atoms with van der Waals surface area (Å²) in [5.74, 6) is 2.08. The van der Waals surface area contributed by atoms with Crippen LogP contribution in [0.15, 0.2) is 18.2 Å². The predicted octanol–water partition coefficient (Wildman–Crippen LogP) is 3.20. The lowest BCUT2D eigenvalue weighted by Crippen LogP contribution is -2.18. The van der Waals surface area contributed by atoms with E-state index in [4.69, 9.17) is 4.74 Å². The molecule has 0 radical (unpaired) electrons. The van der Waals surface area contributed by atoms with Crippen LogP contribution in [0.4, 0.5) is 0 Å². The lowest BCUT2D eigenvalue weighted by Gasteiger charge is -2.15. The summed E-state index contributed by atoms with van der Waals surface area (Å²) in [7, 11) is 0. The first kappa shape index (κ1) is 10.8. The third kappa shape index (κ3) is 1.67. The van der Waals surface area contributed by atoms with Gasteiger partial charge in [0.2, 0.25) is 0 Å². The Labute approximate surface area is 102 Å². The minimum atomic E-state index is 0.0286. The average Bonchev–Trinajstić information content (AvgIpc) is 2.94. The summed E-state index contributed by atoms with van der Waals surface area (Å²) in [4.78, 5) is 12.2. The Hall–Kier alpha value is -1.31. The summed E-state index contributed by atoms with van der Waals surface area (Å²) in [5.41, 5.74) is 2.06. The Morgan fingerprint density at radius 1 is 1.41 bits per heavy atom. The van der Waals surface area contributed by atoms with E-state index in [1.165, 1.54) is 5.56 Å². The number of carbonyl (C=O) groups is 1. The van der Waals surface area contributed by atoms with Gasteiger partial charge in [0.25, 0.3) is 0 Å². The van der Waals surface area contributed by atoms with Crippen LogP contribution in [-0.4, -0.2) is 12.4 Å². The molecule has 2 heteroatoms. The molecule has 2 aliphatic rings. The third-order valence-corrected chi connectivity index (χ3v) is 4.03. The Kier molecular flexibility index (Phi) is 2.13. The lowest BCUT2D eigenvalue weighted by molar-refractivity contribution is 0.0962. The zero-order valence-corrected chi connectivity index (χ0v) is 10.6. The molecule has 0 aromatic heterocycles. The van der Waals surface area contributed by atoms with Crippen molar-refractivity contribution in [1.29, 1.82) is 0 Å². The number of ether oxygens (including phenoxy) is 1. The zero-order valence-electron chi connectivity index (χ0n) is 10.6. The van der Waals surface area contributed by atoms with Gasteiger partial charge in [-0.05, 0) is 30.5 Å². The number of benzene rings is 1. The van der Waals surface area contributed by atoms with Crippen molar-refractivity contribution in [2.45, 2.75) is 32.6 Å². The van der Waals surface area contributed by atoms with Crippen molar-refractivity contribution >= 4 is 5.78 Å². The van der Waals surface area contributed by atoms with Crippen LogP contribution in [0, 0.1) is 11.8 Å². The van der Waals surface area contributed by atoms with Crippen LogP contribution in [0.3, 0.4) is 0 Å². The average molecular weight is 230 g/mol. The molecule has 0 N–H and O–H groups in total. The second-order valence-electron chi connectivity index (χ2n) is 6.07. The molecule has 0 spiro atoms. The van der Waals surface area contributed by atoms with E-state index in [-0.39, 0.29) is 11.3 Å². The van der Waals surface area contributed by atoms with Crippen LogP contribution >= 0.6 is 0 Å². The molecule has 2 nitrogen and oxygen atoms in total. The van der Waals surface area contributed by atoms with Crippen molar-refractivity contribution in [2.75, 3.05) is 6.61 Å². The molecule has 1 aromatic rings. The molecule has 2 atom stereocenters. The van der Waals surface area contributed by atoms with Gasteiger partial charge in [-0.2, -0.15) is 0 Å². The van der Waals surface area contributed by atoms with Gasteiger partial charge in [0.05, 0.1) is 6.61 Å². The van der Waals surface area contributed by atoms with Gasteiger partial charge in [0.15, 0.2) is 5.78 Å². The van der Waals surface area contributed by atoms with E-state index in [9.17, 15) is 4.79 Å². The molecule has 0 bridgehead atoms. The highest BCUT2D eigenvalue weighted by Crippen LogP contribution is 2.43. The maximum Gasteiger partial charge on any atom is 0.166 e. The molecule has 1 saturated carbocycles. The van der Waals surface area contributed by atoms with Gasteiger partial charge in [-0.15, -0.1) is 0 Å². The van der Waals surface area contributed by atoms with Gasteiger partial charge in [0, 0.05) is 22.5 Å². The number of rotatable bonds is 2. The summed E-state index contributed by atoms with van der Waals surface area (Å²) in [5, 5.41) is 0. The van der Waals surface area contributed by atoms with Crippen molar-refractivity contribution in [2.24, 2.45) is 11.8 Å². The zero-order chi connectivity index (χ0) is 12.2. The molecule has 90 valence electrons. The maximum atomic E-state index is 12.2. The molecule has 0 amide bonds. The number of carbonyl (C=O) groups excluding carboxylic acids is 1. The molecule has 17 heavy (non-hydrogen) atoms. The topological polar surface area (TPSA) is 26.3 Å². The summed E-state index contributed by atoms with van der Waals surface area (Å²) in [6.07, 6.45) is 1.05.